The van der Waals surface area contributed by atoms with E-state index in [2.05, 4.69) is 10.3 Å². The van der Waals surface area contributed by atoms with Crippen molar-refractivity contribution in [1.29, 1.82) is 0 Å². The molecule has 126 valence electrons. The number of nitrogens with two attached hydrogens (primary N) is 1. The van der Waals surface area contributed by atoms with E-state index in [0.717, 1.165) is 42.7 Å². The zero-order chi connectivity index (χ0) is 16.6. The van der Waals surface area contributed by atoms with Gasteiger partial charge < -0.3 is 15.5 Å². The van der Waals surface area contributed by atoms with Crippen LogP contribution in [0.2, 0.25) is 0 Å². The van der Waals surface area contributed by atoms with Crippen LogP contribution in [0.25, 0.3) is 11.3 Å². The lowest BCUT2D eigenvalue weighted by Crippen LogP contribution is -2.46. The van der Waals surface area contributed by atoms with Gasteiger partial charge in [0.2, 0.25) is 5.91 Å². The van der Waals surface area contributed by atoms with Gasteiger partial charge in [0, 0.05) is 23.2 Å². The van der Waals surface area contributed by atoms with Crippen molar-refractivity contribution in [2.75, 3.05) is 5.32 Å². The number of carbonyl (C=O) groups is 1. The maximum Gasteiger partial charge on any atom is 0.227 e. The minimum absolute atomic E-state index is 0.142. The van der Waals surface area contributed by atoms with Gasteiger partial charge in [-0.1, -0.05) is 0 Å². The molecule has 0 saturated heterocycles. The predicted octanol–water partition coefficient (Wildman–Crippen LogP) is 3.58. The lowest BCUT2D eigenvalue weighted by atomic mass is 9.55. The molecule has 3 N–H and O–H groups in total. The highest BCUT2D eigenvalue weighted by Crippen LogP contribution is 2.54. The topological polar surface area (TPSA) is 81.2 Å². The summed E-state index contributed by atoms with van der Waals surface area (Å²) in [5.41, 5.74) is 8.16. The Morgan fingerprint density at radius 1 is 1.21 bits per heavy atom. The first kappa shape index (κ1) is 15.4. The van der Waals surface area contributed by atoms with E-state index >= 15 is 0 Å². The number of anilines is 1. The van der Waals surface area contributed by atoms with Gasteiger partial charge in [0.1, 0.15) is 0 Å². The molecule has 2 saturated carbocycles. The van der Waals surface area contributed by atoms with Crippen LogP contribution in [0.5, 0.6) is 0 Å². The minimum Gasteiger partial charge on any atom is -0.444 e. The number of carbonyl (C=O) groups excluding carboxylic acids is 1. The molecule has 0 bridgehead atoms. The van der Waals surface area contributed by atoms with Crippen molar-refractivity contribution in [3.63, 3.8) is 0 Å². The molecular formula is C19H23N3O2. The van der Waals surface area contributed by atoms with Gasteiger partial charge in [-0.15, -0.1) is 0 Å². The van der Waals surface area contributed by atoms with Gasteiger partial charge in [-0.2, -0.15) is 0 Å². The number of hydrogen-bond donors (Lipinski definition) is 2. The Balaban J connectivity index is 1.32. The summed E-state index contributed by atoms with van der Waals surface area (Å²) < 4.78 is 5.27. The van der Waals surface area contributed by atoms with E-state index in [-0.39, 0.29) is 11.8 Å². The van der Waals surface area contributed by atoms with E-state index < -0.39 is 0 Å². The Morgan fingerprint density at radius 3 is 2.54 bits per heavy atom. The normalized spacial score (nSPS) is 29.2. The molecule has 1 aromatic carbocycles. The third-order valence-electron chi connectivity index (χ3n) is 5.69. The van der Waals surface area contributed by atoms with Crippen molar-refractivity contribution < 1.29 is 9.21 Å². The van der Waals surface area contributed by atoms with E-state index in [0.29, 0.717) is 11.5 Å². The zero-order valence-electron chi connectivity index (χ0n) is 13.7. The van der Waals surface area contributed by atoms with Crippen LogP contribution >= 0.6 is 0 Å². The maximum absolute atomic E-state index is 12.4. The van der Waals surface area contributed by atoms with E-state index in [9.17, 15) is 4.79 Å². The second-order valence-electron chi connectivity index (χ2n) is 7.37. The van der Waals surface area contributed by atoms with Crippen molar-refractivity contribution in [1.82, 2.24) is 4.98 Å². The van der Waals surface area contributed by atoms with Gasteiger partial charge in [0.15, 0.2) is 12.2 Å². The first-order chi connectivity index (χ1) is 11.6. The van der Waals surface area contributed by atoms with Crippen LogP contribution in [-0.2, 0) is 4.79 Å². The molecule has 4 rings (SSSR count). The standard InChI is InChI=1S/C19H23N3O2/c20-15-5-7-19(8-6-15)9-14(10-19)18(23)22-16-3-1-13(2-4-16)17-11-21-12-24-17/h1-4,11-12,14-15H,5-10,20H2,(H,22,23). The van der Waals surface area contributed by atoms with Crippen LogP contribution in [0.1, 0.15) is 38.5 Å². The van der Waals surface area contributed by atoms with Gasteiger partial charge >= 0.3 is 0 Å². The molecule has 0 unspecified atom stereocenters. The number of hydrogen-bond acceptors (Lipinski definition) is 4. The van der Waals surface area contributed by atoms with Crippen LogP contribution in [0.4, 0.5) is 5.69 Å². The third kappa shape index (κ3) is 2.96. The second kappa shape index (κ2) is 6.06. The fraction of sp³-hybridized carbons (Fsp3) is 0.474. The molecule has 2 aromatic rings. The first-order valence-electron chi connectivity index (χ1n) is 8.69. The largest absolute Gasteiger partial charge is 0.444 e. The summed E-state index contributed by atoms with van der Waals surface area (Å²) in [6.45, 7) is 0. The average molecular weight is 325 g/mol. The first-order valence-corrected chi connectivity index (χ1v) is 8.69. The van der Waals surface area contributed by atoms with Crippen molar-refractivity contribution in [2.24, 2.45) is 17.1 Å². The van der Waals surface area contributed by atoms with E-state index in [1.54, 1.807) is 6.20 Å². The summed E-state index contributed by atoms with van der Waals surface area (Å²) in [6, 6.07) is 8.04. The molecule has 5 heteroatoms. The highest BCUT2D eigenvalue weighted by molar-refractivity contribution is 5.93. The molecule has 2 aliphatic rings. The lowest BCUT2D eigenvalue weighted by molar-refractivity contribution is -0.128. The molecule has 5 nitrogen and oxygen atoms in total. The Kier molecular flexibility index (Phi) is 3.88. The average Bonchev–Trinajstić information content (AvgIpc) is 3.09. The molecular weight excluding hydrogens is 302 g/mol. The van der Waals surface area contributed by atoms with Crippen LogP contribution in [0, 0.1) is 11.3 Å². The summed E-state index contributed by atoms with van der Waals surface area (Å²) in [7, 11) is 0. The third-order valence-corrected chi connectivity index (χ3v) is 5.69. The number of nitrogens with one attached hydrogen (secondary N) is 1. The molecule has 2 aliphatic carbocycles. The molecule has 1 aromatic heterocycles. The number of aromatic nitrogens is 1. The molecule has 0 radical (unpaired) electrons. The van der Waals surface area contributed by atoms with Crippen molar-refractivity contribution in [3.8, 4) is 11.3 Å². The Bertz CT molecular complexity index is 693. The highest BCUT2D eigenvalue weighted by atomic mass is 16.3. The van der Waals surface area contributed by atoms with Gasteiger partial charge in [0.05, 0.1) is 6.20 Å². The van der Waals surface area contributed by atoms with Crippen molar-refractivity contribution >= 4 is 11.6 Å². The second-order valence-corrected chi connectivity index (χ2v) is 7.37. The number of oxazole rings is 1. The Labute approximate surface area is 141 Å². The molecule has 0 atom stereocenters. The van der Waals surface area contributed by atoms with E-state index in [1.807, 2.05) is 24.3 Å². The molecule has 1 heterocycles. The number of benzene rings is 1. The van der Waals surface area contributed by atoms with E-state index in [1.165, 1.54) is 19.2 Å². The molecule has 1 spiro atoms. The maximum atomic E-state index is 12.4. The monoisotopic (exact) mass is 325 g/mol. The lowest BCUT2D eigenvalue weighted by Gasteiger charge is -2.50. The summed E-state index contributed by atoms with van der Waals surface area (Å²) in [5, 5.41) is 3.04. The summed E-state index contributed by atoms with van der Waals surface area (Å²) in [4.78, 5) is 16.3. The molecule has 24 heavy (non-hydrogen) atoms. The van der Waals surface area contributed by atoms with Crippen molar-refractivity contribution in [2.45, 2.75) is 44.6 Å². The smallest absolute Gasteiger partial charge is 0.227 e. The zero-order valence-corrected chi connectivity index (χ0v) is 13.7. The van der Waals surface area contributed by atoms with Gasteiger partial charge in [-0.25, -0.2) is 4.98 Å². The summed E-state index contributed by atoms with van der Waals surface area (Å²) in [5.74, 6) is 1.01. The predicted molar refractivity (Wildman–Crippen MR) is 92.2 cm³/mol. The van der Waals surface area contributed by atoms with Crippen LogP contribution in [0.15, 0.2) is 41.3 Å². The summed E-state index contributed by atoms with van der Waals surface area (Å²) >= 11 is 0. The number of nitrogens with zero attached hydrogens (tertiary/aromatic N) is 1. The fourth-order valence-electron chi connectivity index (χ4n) is 4.15. The van der Waals surface area contributed by atoms with Crippen molar-refractivity contribution in [3.05, 3.63) is 36.9 Å². The molecule has 2 fully saturated rings. The molecule has 1 amide bonds. The Hall–Kier alpha value is -2.14. The van der Waals surface area contributed by atoms with Gasteiger partial charge in [-0.05, 0) is 68.2 Å². The number of amides is 1. The Morgan fingerprint density at radius 2 is 1.92 bits per heavy atom. The van der Waals surface area contributed by atoms with Gasteiger partial charge in [0.25, 0.3) is 0 Å². The van der Waals surface area contributed by atoms with Crippen LogP contribution in [-0.4, -0.2) is 16.9 Å². The van der Waals surface area contributed by atoms with Gasteiger partial charge in [-0.3, -0.25) is 4.79 Å². The van der Waals surface area contributed by atoms with Crippen LogP contribution in [0.3, 0.4) is 0 Å². The van der Waals surface area contributed by atoms with Crippen LogP contribution < -0.4 is 11.1 Å². The minimum atomic E-state index is 0.142. The fourth-order valence-corrected chi connectivity index (χ4v) is 4.15. The number of rotatable bonds is 3. The summed E-state index contributed by atoms with van der Waals surface area (Å²) in [6.07, 6.45) is 9.71. The SMILES string of the molecule is NC1CCC2(CC1)CC(C(=O)Nc1ccc(-c3cnco3)cc1)C2. The highest BCUT2D eigenvalue weighted by Gasteiger charge is 2.48. The van der Waals surface area contributed by atoms with E-state index in [4.69, 9.17) is 10.2 Å². The quantitative estimate of drug-likeness (QED) is 0.904. The molecule has 0 aliphatic heterocycles.